The number of thioether (sulfide) groups is 1. The van der Waals surface area contributed by atoms with Crippen molar-refractivity contribution >= 4 is 23.6 Å². The largest absolute Gasteiger partial charge is 0.480 e. The van der Waals surface area contributed by atoms with Crippen LogP contribution in [0.15, 0.2) is 84.0 Å². The molecule has 6 heteroatoms. The van der Waals surface area contributed by atoms with E-state index in [2.05, 4.69) is 10.3 Å². The van der Waals surface area contributed by atoms with Gasteiger partial charge in [-0.2, -0.15) is 0 Å². The summed E-state index contributed by atoms with van der Waals surface area (Å²) < 4.78 is 0. The zero-order chi connectivity index (χ0) is 19.8. The van der Waals surface area contributed by atoms with Gasteiger partial charge in [-0.1, -0.05) is 54.6 Å². The number of aliphatic carboxylic acids is 1. The van der Waals surface area contributed by atoms with E-state index in [1.807, 2.05) is 60.7 Å². The summed E-state index contributed by atoms with van der Waals surface area (Å²) in [5.41, 5.74) is 2.13. The third kappa shape index (κ3) is 5.20. The lowest BCUT2D eigenvalue weighted by atomic mass is 9.99. The Balaban J connectivity index is 1.69. The van der Waals surface area contributed by atoms with Crippen molar-refractivity contribution in [3.63, 3.8) is 0 Å². The van der Waals surface area contributed by atoms with Crippen LogP contribution in [0.5, 0.6) is 0 Å². The van der Waals surface area contributed by atoms with Crippen LogP contribution in [0.4, 0.5) is 0 Å². The molecule has 0 saturated carbocycles. The van der Waals surface area contributed by atoms with Crippen LogP contribution in [0.25, 0.3) is 11.1 Å². The number of carbonyl (C=O) groups excluding carboxylic acids is 1. The maximum absolute atomic E-state index is 12.8. The first-order chi connectivity index (χ1) is 13.6. The average molecular weight is 392 g/mol. The van der Waals surface area contributed by atoms with Crippen LogP contribution in [-0.4, -0.2) is 33.8 Å². The topological polar surface area (TPSA) is 79.3 Å². The van der Waals surface area contributed by atoms with Gasteiger partial charge in [-0.05, 0) is 35.7 Å². The molecule has 0 aliphatic carbocycles. The summed E-state index contributed by atoms with van der Waals surface area (Å²) in [6.07, 6.45) is 2.00. The van der Waals surface area contributed by atoms with Crippen LogP contribution in [0, 0.1) is 0 Å². The maximum Gasteiger partial charge on any atom is 0.326 e. The number of amides is 1. The Bertz CT molecular complexity index is 933. The number of pyridine rings is 1. The molecule has 142 valence electrons. The van der Waals surface area contributed by atoms with Gasteiger partial charge in [0.1, 0.15) is 6.04 Å². The number of carbonyl (C=O) groups is 2. The molecule has 0 aliphatic rings. The Kier molecular flexibility index (Phi) is 6.81. The molecular formula is C22H20N2O3S. The summed E-state index contributed by atoms with van der Waals surface area (Å²) in [5, 5.41) is 13.0. The second-order valence-electron chi connectivity index (χ2n) is 6.08. The van der Waals surface area contributed by atoms with E-state index in [0.29, 0.717) is 17.7 Å². The Morgan fingerprint density at radius 2 is 1.68 bits per heavy atom. The molecule has 1 amide bonds. The Morgan fingerprint density at radius 3 is 2.39 bits per heavy atom. The van der Waals surface area contributed by atoms with E-state index in [4.69, 9.17) is 0 Å². The molecule has 3 rings (SSSR count). The van der Waals surface area contributed by atoms with E-state index >= 15 is 0 Å². The minimum absolute atomic E-state index is 0.301. The predicted octanol–water partition coefficient (Wildman–Crippen LogP) is 4.11. The van der Waals surface area contributed by atoms with Crippen LogP contribution >= 0.6 is 11.8 Å². The number of hydrogen-bond donors (Lipinski definition) is 2. The summed E-state index contributed by atoms with van der Waals surface area (Å²) >= 11 is 1.46. The highest BCUT2D eigenvalue weighted by molar-refractivity contribution is 7.99. The molecule has 3 aromatic rings. The van der Waals surface area contributed by atoms with Gasteiger partial charge in [0.15, 0.2) is 0 Å². The van der Waals surface area contributed by atoms with Crippen LogP contribution in [-0.2, 0) is 4.79 Å². The summed E-state index contributed by atoms with van der Waals surface area (Å²) in [5.74, 6) is -0.906. The zero-order valence-corrected chi connectivity index (χ0v) is 15.9. The summed E-state index contributed by atoms with van der Waals surface area (Å²) in [6.45, 7) is 0. The van der Waals surface area contributed by atoms with Crippen LogP contribution in [0.2, 0.25) is 0 Å². The molecule has 2 aromatic carbocycles. The molecule has 0 saturated heterocycles. The zero-order valence-electron chi connectivity index (χ0n) is 15.1. The lowest BCUT2D eigenvalue weighted by Gasteiger charge is -2.16. The van der Waals surface area contributed by atoms with Crippen LogP contribution in [0.3, 0.4) is 0 Å². The highest BCUT2D eigenvalue weighted by Gasteiger charge is 2.22. The van der Waals surface area contributed by atoms with Gasteiger partial charge in [0.2, 0.25) is 0 Å². The summed E-state index contributed by atoms with van der Waals surface area (Å²) in [6, 6.07) is 21.4. The number of rotatable bonds is 8. The highest BCUT2D eigenvalue weighted by atomic mass is 32.2. The number of carboxylic acid groups (broad SMARTS) is 1. The van der Waals surface area contributed by atoms with E-state index in [1.165, 1.54) is 11.8 Å². The van der Waals surface area contributed by atoms with Gasteiger partial charge < -0.3 is 10.4 Å². The van der Waals surface area contributed by atoms with E-state index in [1.54, 1.807) is 18.3 Å². The average Bonchev–Trinajstić information content (AvgIpc) is 2.74. The highest BCUT2D eigenvalue weighted by Crippen LogP contribution is 2.23. The lowest BCUT2D eigenvalue weighted by molar-refractivity contribution is -0.139. The fourth-order valence-corrected chi connectivity index (χ4v) is 3.63. The number of benzene rings is 2. The van der Waals surface area contributed by atoms with Crippen molar-refractivity contribution in [1.29, 1.82) is 0 Å². The minimum atomic E-state index is -1.05. The molecule has 0 unspecified atom stereocenters. The fraction of sp³-hybridized carbons (Fsp3) is 0.136. The Morgan fingerprint density at radius 1 is 0.964 bits per heavy atom. The number of carboxylic acids is 1. The molecule has 0 radical (unpaired) electrons. The van der Waals surface area contributed by atoms with Gasteiger partial charge in [-0.15, -0.1) is 11.8 Å². The third-order valence-electron chi connectivity index (χ3n) is 4.15. The lowest BCUT2D eigenvalue weighted by Crippen LogP contribution is -2.41. The smallest absolute Gasteiger partial charge is 0.326 e. The molecule has 1 atom stereocenters. The monoisotopic (exact) mass is 392 g/mol. The second-order valence-corrected chi connectivity index (χ2v) is 7.20. The fourth-order valence-electron chi connectivity index (χ4n) is 2.76. The van der Waals surface area contributed by atoms with Gasteiger partial charge in [-0.3, -0.25) is 4.79 Å². The maximum atomic E-state index is 12.8. The van der Waals surface area contributed by atoms with E-state index in [9.17, 15) is 14.7 Å². The van der Waals surface area contributed by atoms with Crippen molar-refractivity contribution in [3.8, 4) is 11.1 Å². The minimum Gasteiger partial charge on any atom is -0.480 e. The standard InChI is InChI=1S/C22H20N2O3S/c25-21(18-11-5-4-10-17(18)16-8-2-1-3-9-16)24-19(22(26)27)13-15-28-20-12-6-7-14-23-20/h1-12,14,19H,13,15H2,(H,24,25)(H,26,27)/t19-/m0/s1. The van der Waals surface area contributed by atoms with E-state index < -0.39 is 17.9 Å². The van der Waals surface area contributed by atoms with Gasteiger partial charge in [-0.25, -0.2) is 9.78 Å². The molecule has 2 N–H and O–H groups in total. The van der Waals surface area contributed by atoms with Crippen molar-refractivity contribution in [1.82, 2.24) is 10.3 Å². The molecule has 28 heavy (non-hydrogen) atoms. The molecular weight excluding hydrogens is 372 g/mol. The van der Waals surface area contributed by atoms with Crippen molar-refractivity contribution < 1.29 is 14.7 Å². The molecule has 0 fully saturated rings. The van der Waals surface area contributed by atoms with Crippen molar-refractivity contribution in [2.75, 3.05) is 5.75 Å². The first-order valence-electron chi connectivity index (χ1n) is 8.87. The number of nitrogens with zero attached hydrogens (tertiary/aromatic N) is 1. The molecule has 1 heterocycles. The van der Waals surface area contributed by atoms with Crippen molar-refractivity contribution in [2.45, 2.75) is 17.5 Å². The van der Waals surface area contributed by atoms with Gasteiger partial charge in [0, 0.05) is 17.5 Å². The van der Waals surface area contributed by atoms with Crippen molar-refractivity contribution in [2.24, 2.45) is 0 Å². The van der Waals surface area contributed by atoms with Crippen molar-refractivity contribution in [3.05, 3.63) is 84.6 Å². The third-order valence-corrected chi connectivity index (χ3v) is 5.13. The molecule has 5 nitrogen and oxygen atoms in total. The molecule has 0 spiro atoms. The molecule has 0 bridgehead atoms. The quantitative estimate of drug-likeness (QED) is 0.564. The Hall–Kier alpha value is -3.12. The van der Waals surface area contributed by atoms with Gasteiger partial charge >= 0.3 is 5.97 Å². The SMILES string of the molecule is O=C(N[C@@H](CCSc1ccccn1)C(=O)O)c1ccccc1-c1ccccc1. The normalized spacial score (nSPS) is 11.6. The summed E-state index contributed by atoms with van der Waals surface area (Å²) in [4.78, 5) is 28.6. The predicted molar refractivity (Wildman–Crippen MR) is 110 cm³/mol. The van der Waals surface area contributed by atoms with Gasteiger partial charge in [0.25, 0.3) is 5.91 Å². The van der Waals surface area contributed by atoms with E-state index in [-0.39, 0.29) is 0 Å². The number of hydrogen-bond acceptors (Lipinski definition) is 4. The van der Waals surface area contributed by atoms with Crippen LogP contribution < -0.4 is 5.32 Å². The number of aromatic nitrogens is 1. The first kappa shape index (κ1) is 19.6. The first-order valence-corrected chi connectivity index (χ1v) is 9.85. The molecule has 0 aliphatic heterocycles. The van der Waals surface area contributed by atoms with E-state index in [0.717, 1.165) is 16.2 Å². The van der Waals surface area contributed by atoms with Gasteiger partial charge in [0.05, 0.1) is 5.03 Å². The second kappa shape index (κ2) is 9.71. The van der Waals surface area contributed by atoms with Crippen LogP contribution in [0.1, 0.15) is 16.8 Å². The Labute approximate surface area is 167 Å². The molecule has 1 aromatic heterocycles. The summed E-state index contributed by atoms with van der Waals surface area (Å²) in [7, 11) is 0. The number of nitrogens with one attached hydrogen (secondary N) is 1.